The lowest BCUT2D eigenvalue weighted by molar-refractivity contribution is 0.897. The Balaban J connectivity index is 1.94. The van der Waals surface area contributed by atoms with E-state index < -0.39 is 0 Å². The second-order valence-electron chi connectivity index (χ2n) is 6.41. The summed E-state index contributed by atoms with van der Waals surface area (Å²) in [5, 5.41) is 4.58. The van der Waals surface area contributed by atoms with Gasteiger partial charge in [0.1, 0.15) is 4.83 Å². The number of hydrogen-bond donors (Lipinski definition) is 1. The predicted octanol–water partition coefficient (Wildman–Crippen LogP) is 6.35. The van der Waals surface area contributed by atoms with Gasteiger partial charge in [-0.2, -0.15) is 0 Å². The Labute approximate surface area is 173 Å². The molecule has 0 radical (unpaired) electrons. The monoisotopic (exact) mass is 406 g/mol. The van der Waals surface area contributed by atoms with Crippen LogP contribution in [-0.2, 0) is 0 Å². The second-order valence-corrected chi connectivity index (χ2v) is 8.77. The van der Waals surface area contributed by atoms with Crippen molar-refractivity contribution in [2.75, 3.05) is 18.1 Å². The first kappa shape index (κ1) is 18.9. The SMILES string of the molecule is CCCCSc1sc2nc(-c3cccnc3)cc(-c3ccccn3)c2c1NC. The molecule has 4 heterocycles. The van der Waals surface area contributed by atoms with Gasteiger partial charge in [-0.3, -0.25) is 9.97 Å². The number of aromatic nitrogens is 3. The molecule has 0 aliphatic heterocycles. The summed E-state index contributed by atoms with van der Waals surface area (Å²) in [6, 6.07) is 12.2. The number of hydrogen-bond acceptors (Lipinski definition) is 6. The number of nitrogens with one attached hydrogen (secondary N) is 1. The lowest BCUT2D eigenvalue weighted by Crippen LogP contribution is -1.93. The first-order valence-corrected chi connectivity index (χ1v) is 11.2. The van der Waals surface area contributed by atoms with Crippen LogP contribution in [0.1, 0.15) is 19.8 Å². The molecule has 0 spiro atoms. The number of anilines is 1. The lowest BCUT2D eigenvalue weighted by atomic mass is 10.0. The molecular formula is C22H22N4S2. The Hall–Kier alpha value is -2.44. The van der Waals surface area contributed by atoms with Gasteiger partial charge in [-0.05, 0) is 42.5 Å². The van der Waals surface area contributed by atoms with E-state index in [0.29, 0.717) is 0 Å². The van der Waals surface area contributed by atoms with Crippen molar-refractivity contribution in [3.8, 4) is 22.5 Å². The highest BCUT2D eigenvalue weighted by molar-refractivity contribution is 8.01. The Morgan fingerprint density at radius 2 is 2.04 bits per heavy atom. The van der Waals surface area contributed by atoms with Gasteiger partial charge >= 0.3 is 0 Å². The quantitative estimate of drug-likeness (QED) is 0.286. The first-order chi connectivity index (χ1) is 13.8. The molecule has 4 aromatic rings. The molecule has 4 nitrogen and oxygen atoms in total. The molecule has 0 bridgehead atoms. The maximum absolute atomic E-state index is 4.99. The molecule has 28 heavy (non-hydrogen) atoms. The molecule has 0 aromatic carbocycles. The summed E-state index contributed by atoms with van der Waals surface area (Å²) in [4.78, 5) is 14.9. The van der Waals surface area contributed by atoms with Crippen LogP contribution in [0, 0.1) is 0 Å². The third-order valence-electron chi connectivity index (χ3n) is 4.51. The molecule has 0 unspecified atom stereocenters. The Kier molecular flexibility index (Phi) is 5.88. The molecule has 4 aromatic heterocycles. The van der Waals surface area contributed by atoms with Gasteiger partial charge in [-0.15, -0.1) is 23.1 Å². The average molecular weight is 407 g/mol. The Morgan fingerprint density at radius 3 is 2.75 bits per heavy atom. The maximum atomic E-state index is 4.99. The van der Waals surface area contributed by atoms with E-state index in [2.05, 4.69) is 34.3 Å². The van der Waals surface area contributed by atoms with Gasteiger partial charge in [0.25, 0.3) is 0 Å². The second kappa shape index (κ2) is 8.71. The zero-order valence-corrected chi connectivity index (χ0v) is 17.6. The highest BCUT2D eigenvalue weighted by atomic mass is 32.2. The summed E-state index contributed by atoms with van der Waals surface area (Å²) in [5.74, 6) is 1.12. The van der Waals surface area contributed by atoms with Crippen molar-refractivity contribution in [1.82, 2.24) is 15.0 Å². The molecule has 0 saturated carbocycles. The molecule has 0 aliphatic carbocycles. The minimum absolute atomic E-state index is 0.926. The number of rotatable bonds is 7. The number of unbranched alkanes of at least 4 members (excludes halogenated alkanes) is 1. The van der Waals surface area contributed by atoms with Crippen molar-refractivity contribution < 1.29 is 0 Å². The van der Waals surface area contributed by atoms with E-state index in [0.717, 1.165) is 44.2 Å². The smallest absolute Gasteiger partial charge is 0.127 e. The third-order valence-corrected chi connectivity index (χ3v) is 6.95. The van der Waals surface area contributed by atoms with Gasteiger partial charge in [0, 0.05) is 42.2 Å². The van der Waals surface area contributed by atoms with Gasteiger partial charge < -0.3 is 5.32 Å². The van der Waals surface area contributed by atoms with Crippen LogP contribution in [0.25, 0.3) is 32.7 Å². The predicted molar refractivity (Wildman–Crippen MR) is 121 cm³/mol. The molecule has 1 N–H and O–H groups in total. The topological polar surface area (TPSA) is 50.7 Å². The molecule has 0 amide bonds. The zero-order valence-electron chi connectivity index (χ0n) is 16.0. The number of pyridine rings is 3. The van der Waals surface area contributed by atoms with Crippen LogP contribution in [0.4, 0.5) is 5.69 Å². The fourth-order valence-electron chi connectivity index (χ4n) is 3.10. The van der Waals surface area contributed by atoms with Gasteiger partial charge in [-0.1, -0.05) is 19.4 Å². The van der Waals surface area contributed by atoms with E-state index in [-0.39, 0.29) is 0 Å². The fourth-order valence-corrected chi connectivity index (χ4v) is 5.73. The average Bonchev–Trinajstić information content (AvgIpc) is 3.12. The van der Waals surface area contributed by atoms with Gasteiger partial charge in [0.2, 0.25) is 0 Å². The van der Waals surface area contributed by atoms with E-state index in [1.54, 1.807) is 17.5 Å². The van der Waals surface area contributed by atoms with Crippen LogP contribution in [0.2, 0.25) is 0 Å². The molecule has 0 saturated heterocycles. The van der Waals surface area contributed by atoms with Crippen molar-refractivity contribution in [1.29, 1.82) is 0 Å². The van der Waals surface area contributed by atoms with Crippen molar-refractivity contribution in [3.63, 3.8) is 0 Å². The highest BCUT2D eigenvalue weighted by Gasteiger charge is 2.19. The Bertz CT molecular complexity index is 1060. The molecule has 6 heteroatoms. The summed E-state index contributed by atoms with van der Waals surface area (Å²) >= 11 is 3.67. The van der Waals surface area contributed by atoms with Crippen molar-refractivity contribution >= 4 is 39.0 Å². The van der Waals surface area contributed by atoms with Gasteiger partial charge in [-0.25, -0.2) is 4.98 Å². The fraction of sp³-hybridized carbons (Fsp3) is 0.227. The third kappa shape index (κ3) is 3.75. The maximum Gasteiger partial charge on any atom is 0.127 e. The van der Waals surface area contributed by atoms with E-state index in [1.807, 2.05) is 55.5 Å². The van der Waals surface area contributed by atoms with Crippen molar-refractivity contribution in [2.24, 2.45) is 0 Å². The number of thioether (sulfide) groups is 1. The van der Waals surface area contributed by atoms with E-state index in [4.69, 9.17) is 4.98 Å². The minimum atomic E-state index is 0.926. The standard InChI is InChI=1S/C22H22N4S2/c1-3-4-12-27-22-20(23-2)19-16(17-9-5-6-11-25-17)13-18(26-21(19)28-22)15-8-7-10-24-14-15/h5-11,13-14,23H,3-4,12H2,1-2H3. The molecule has 0 fully saturated rings. The van der Waals surface area contributed by atoms with E-state index >= 15 is 0 Å². The van der Waals surface area contributed by atoms with Crippen LogP contribution in [0.3, 0.4) is 0 Å². The van der Waals surface area contributed by atoms with Crippen LogP contribution >= 0.6 is 23.1 Å². The van der Waals surface area contributed by atoms with Crippen LogP contribution in [0.5, 0.6) is 0 Å². The van der Waals surface area contributed by atoms with Crippen LogP contribution in [-0.4, -0.2) is 27.8 Å². The molecule has 4 rings (SSSR count). The minimum Gasteiger partial charge on any atom is -0.386 e. The molecule has 142 valence electrons. The van der Waals surface area contributed by atoms with Gasteiger partial charge in [0.05, 0.1) is 21.3 Å². The zero-order chi connectivity index (χ0) is 19.3. The molecule has 0 aliphatic rings. The summed E-state index contributed by atoms with van der Waals surface area (Å²) in [7, 11) is 1.99. The molecular weight excluding hydrogens is 384 g/mol. The summed E-state index contributed by atoms with van der Waals surface area (Å²) in [5.41, 5.74) is 5.16. The number of nitrogens with zero attached hydrogens (tertiary/aromatic N) is 3. The van der Waals surface area contributed by atoms with Crippen LogP contribution in [0.15, 0.2) is 59.2 Å². The Morgan fingerprint density at radius 1 is 1.11 bits per heavy atom. The normalized spacial score (nSPS) is 11.1. The number of fused-ring (bicyclic) bond motifs is 1. The molecule has 0 atom stereocenters. The first-order valence-electron chi connectivity index (χ1n) is 9.41. The van der Waals surface area contributed by atoms with Crippen molar-refractivity contribution in [2.45, 2.75) is 24.0 Å². The summed E-state index contributed by atoms with van der Waals surface area (Å²) in [6.45, 7) is 2.23. The van der Waals surface area contributed by atoms with E-state index in [9.17, 15) is 0 Å². The van der Waals surface area contributed by atoms with Crippen LogP contribution < -0.4 is 5.32 Å². The lowest BCUT2D eigenvalue weighted by Gasteiger charge is -2.09. The largest absolute Gasteiger partial charge is 0.386 e. The summed E-state index contributed by atoms with van der Waals surface area (Å²) in [6.07, 6.45) is 7.90. The van der Waals surface area contributed by atoms with Crippen molar-refractivity contribution in [3.05, 3.63) is 55.0 Å². The van der Waals surface area contributed by atoms with E-state index in [1.165, 1.54) is 17.1 Å². The highest BCUT2D eigenvalue weighted by Crippen LogP contribution is 2.46. The van der Waals surface area contributed by atoms with Gasteiger partial charge in [0.15, 0.2) is 0 Å². The summed E-state index contributed by atoms with van der Waals surface area (Å²) < 4.78 is 1.29. The number of thiophene rings is 1.